The molecule has 0 atom stereocenters. The summed E-state index contributed by atoms with van der Waals surface area (Å²) in [5, 5.41) is 0. The summed E-state index contributed by atoms with van der Waals surface area (Å²) in [4.78, 5) is 2.33. The first-order chi connectivity index (χ1) is 5.33. The molecule has 1 aliphatic rings. The van der Waals surface area contributed by atoms with Crippen molar-refractivity contribution in [2.45, 2.75) is 31.9 Å². The van der Waals surface area contributed by atoms with Crippen molar-refractivity contribution in [2.24, 2.45) is 0 Å². The Morgan fingerprint density at radius 1 is 1.36 bits per heavy atom. The first kappa shape index (κ1) is 8.98. The topological polar surface area (TPSA) is 3.24 Å². The Hall–Kier alpha value is -0.110. The van der Waals surface area contributed by atoms with Crippen molar-refractivity contribution in [1.29, 1.82) is 0 Å². The van der Waals surface area contributed by atoms with Crippen LogP contribution in [-0.4, -0.2) is 30.7 Å². The van der Waals surface area contributed by atoms with Gasteiger partial charge in [-0.05, 0) is 25.8 Å². The van der Waals surface area contributed by atoms with E-state index in [0.717, 1.165) is 45.3 Å². The van der Waals surface area contributed by atoms with Crippen LogP contribution in [0.1, 0.15) is 25.7 Å². The van der Waals surface area contributed by atoms with E-state index in [1.165, 1.54) is 0 Å². The van der Waals surface area contributed by atoms with E-state index in [0.29, 0.717) is 0 Å². The van der Waals surface area contributed by atoms with Gasteiger partial charge in [0.2, 0.25) is 0 Å². The molecule has 1 nitrogen and oxygen atoms in total. The predicted molar refractivity (Wildman–Crippen MR) is 45.2 cm³/mol. The molecule has 0 aromatic heterocycles. The number of halogens is 1. The van der Waals surface area contributed by atoms with Crippen LogP contribution in [0.2, 0.25) is 0 Å². The van der Waals surface area contributed by atoms with Crippen molar-refractivity contribution in [2.75, 3.05) is 19.6 Å². The molecule has 1 fully saturated rings. The first-order valence-electron chi connectivity index (χ1n) is 4.48. The number of hydrogen-bond donors (Lipinski definition) is 0. The van der Waals surface area contributed by atoms with Gasteiger partial charge in [0.25, 0.3) is 0 Å². The predicted octanol–water partition coefficient (Wildman–Crippen LogP) is 2.03. The summed E-state index contributed by atoms with van der Waals surface area (Å²) in [6.07, 6.45) is 3.08. The molecule has 0 aromatic carbocycles. The van der Waals surface area contributed by atoms with Crippen LogP contribution in [0, 0.1) is 6.92 Å². The molecule has 1 heterocycles. The minimum atomic E-state index is -0.536. The number of piperidine rings is 1. The number of nitrogens with zero attached hydrogens (tertiary/aromatic N) is 1. The minimum absolute atomic E-state index is 0.536. The number of hydrogen-bond acceptors (Lipinski definition) is 1. The van der Waals surface area contributed by atoms with E-state index in [9.17, 15) is 4.39 Å². The SMILES string of the molecule is [CH2]CCCN1CCC(F)CC1. The van der Waals surface area contributed by atoms with Crippen molar-refractivity contribution in [3.63, 3.8) is 0 Å². The van der Waals surface area contributed by atoms with E-state index in [1.54, 1.807) is 0 Å². The van der Waals surface area contributed by atoms with Gasteiger partial charge in [-0.25, -0.2) is 4.39 Å². The lowest BCUT2D eigenvalue weighted by atomic mass is 10.1. The molecule has 11 heavy (non-hydrogen) atoms. The molecule has 1 aliphatic heterocycles. The fraction of sp³-hybridized carbons (Fsp3) is 0.889. The van der Waals surface area contributed by atoms with Crippen LogP contribution in [0.25, 0.3) is 0 Å². The Bertz CT molecular complexity index is 95.0. The van der Waals surface area contributed by atoms with Crippen LogP contribution in [0.4, 0.5) is 4.39 Å². The van der Waals surface area contributed by atoms with Crippen molar-refractivity contribution < 1.29 is 4.39 Å². The van der Waals surface area contributed by atoms with E-state index in [4.69, 9.17) is 0 Å². The molecule has 1 saturated heterocycles. The van der Waals surface area contributed by atoms with Gasteiger partial charge in [-0.2, -0.15) is 0 Å². The highest BCUT2D eigenvalue weighted by Gasteiger charge is 2.16. The van der Waals surface area contributed by atoms with Crippen molar-refractivity contribution in [3.05, 3.63) is 6.92 Å². The Morgan fingerprint density at radius 2 is 2.00 bits per heavy atom. The zero-order valence-electron chi connectivity index (χ0n) is 7.06. The van der Waals surface area contributed by atoms with Gasteiger partial charge in [0.15, 0.2) is 0 Å². The van der Waals surface area contributed by atoms with Gasteiger partial charge < -0.3 is 4.90 Å². The number of likely N-dealkylation sites (tertiary alicyclic amines) is 1. The zero-order valence-corrected chi connectivity index (χ0v) is 7.06. The van der Waals surface area contributed by atoms with Gasteiger partial charge in [0, 0.05) is 13.1 Å². The Balaban J connectivity index is 2.07. The second kappa shape index (κ2) is 4.70. The van der Waals surface area contributed by atoms with E-state index in [1.807, 2.05) is 0 Å². The summed E-state index contributed by atoms with van der Waals surface area (Å²) in [7, 11) is 0. The van der Waals surface area contributed by atoms with Gasteiger partial charge in [-0.1, -0.05) is 13.3 Å². The normalized spacial score (nSPS) is 22.4. The molecule has 0 saturated carbocycles. The smallest absolute Gasteiger partial charge is 0.103 e. The van der Waals surface area contributed by atoms with Crippen LogP contribution < -0.4 is 0 Å². The molecule has 65 valence electrons. The van der Waals surface area contributed by atoms with Gasteiger partial charge in [0.05, 0.1) is 0 Å². The third-order valence-corrected chi connectivity index (χ3v) is 2.24. The summed E-state index contributed by atoms with van der Waals surface area (Å²) >= 11 is 0. The van der Waals surface area contributed by atoms with E-state index < -0.39 is 6.17 Å². The molecule has 0 bridgehead atoms. The van der Waals surface area contributed by atoms with Crippen molar-refractivity contribution in [1.82, 2.24) is 4.90 Å². The maximum Gasteiger partial charge on any atom is 0.103 e. The lowest BCUT2D eigenvalue weighted by molar-refractivity contribution is 0.150. The van der Waals surface area contributed by atoms with Gasteiger partial charge >= 0.3 is 0 Å². The molecule has 0 spiro atoms. The third-order valence-electron chi connectivity index (χ3n) is 2.24. The summed E-state index contributed by atoms with van der Waals surface area (Å²) in [5.74, 6) is 0. The molecular weight excluding hydrogens is 141 g/mol. The monoisotopic (exact) mass is 158 g/mol. The van der Waals surface area contributed by atoms with Crippen LogP contribution in [0.15, 0.2) is 0 Å². The summed E-state index contributed by atoms with van der Waals surface area (Å²) in [6, 6.07) is 0. The summed E-state index contributed by atoms with van der Waals surface area (Å²) in [5.41, 5.74) is 0. The van der Waals surface area contributed by atoms with Crippen LogP contribution >= 0.6 is 0 Å². The van der Waals surface area contributed by atoms with Crippen LogP contribution in [-0.2, 0) is 0 Å². The molecule has 0 N–H and O–H groups in total. The molecular formula is C9H17FN. The summed E-state index contributed by atoms with van der Waals surface area (Å²) in [6.45, 7) is 6.78. The highest BCUT2D eigenvalue weighted by atomic mass is 19.1. The molecule has 0 aromatic rings. The van der Waals surface area contributed by atoms with Crippen LogP contribution in [0.5, 0.6) is 0 Å². The zero-order chi connectivity index (χ0) is 8.10. The average molecular weight is 158 g/mol. The molecule has 2 heteroatoms. The van der Waals surface area contributed by atoms with Crippen molar-refractivity contribution in [3.8, 4) is 0 Å². The number of unbranched alkanes of at least 4 members (excludes halogenated alkanes) is 1. The molecule has 0 unspecified atom stereocenters. The molecule has 1 rings (SSSR count). The minimum Gasteiger partial charge on any atom is -0.303 e. The highest BCUT2D eigenvalue weighted by Crippen LogP contribution is 2.13. The fourth-order valence-corrected chi connectivity index (χ4v) is 1.46. The summed E-state index contributed by atoms with van der Waals surface area (Å²) < 4.78 is 12.6. The molecule has 0 amide bonds. The van der Waals surface area contributed by atoms with E-state index in [2.05, 4.69) is 11.8 Å². The second-order valence-electron chi connectivity index (χ2n) is 3.22. The van der Waals surface area contributed by atoms with Gasteiger partial charge in [-0.3, -0.25) is 0 Å². The number of alkyl halides is 1. The average Bonchev–Trinajstić information content (AvgIpc) is 2.04. The Kier molecular flexibility index (Phi) is 3.84. The lowest BCUT2D eigenvalue weighted by Crippen LogP contribution is -2.34. The standard InChI is InChI=1S/C9H17FN/c1-2-3-6-11-7-4-9(10)5-8-11/h9H,1-8H2. The highest BCUT2D eigenvalue weighted by molar-refractivity contribution is 4.71. The first-order valence-corrected chi connectivity index (χ1v) is 4.48. The maximum atomic E-state index is 12.6. The van der Waals surface area contributed by atoms with Gasteiger partial charge in [0.1, 0.15) is 6.17 Å². The Morgan fingerprint density at radius 3 is 2.55 bits per heavy atom. The van der Waals surface area contributed by atoms with Crippen LogP contribution in [0.3, 0.4) is 0 Å². The quantitative estimate of drug-likeness (QED) is 0.607. The van der Waals surface area contributed by atoms with Gasteiger partial charge in [-0.15, -0.1) is 0 Å². The second-order valence-corrected chi connectivity index (χ2v) is 3.22. The lowest BCUT2D eigenvalue weighted by Gasteiger charge is -2.28. The van der Waals surface area contributed by atoms with E-state index >= 15 is 0 Å². The van der Waals surface area contributed by atoms with Crippen molar-refractivity contribution >= 4 is 0 Å². The third kappa shape index (κ3) is 3.19. The number of rotatable bonds is 3. The molecule has 0 aliphatic carbocycles. The largest absolute Gasteiger partial charge is 0.303 e. The fourth-order valence-electron chi connectivity index (χ4n) is 1.46. The maximum absolute atomic E-state index is 12.6. The Labute approximate surface area is 68.6 Å². The van der Waals surface area contributed by atoms with E-state index in [-0.39, 0.29) is 0 Å². The molecule has 1 radical (unpaired) electrons.